The first-order valence-electron chi connectivity index (χ1n) is 6.97. The lowest BCUT2D eigenvalue weighted by Gasteiger charge is -2.22. The van der Waals surface area contributed by atoms with Gasteiger partial charge in [-0.1, -0.05) is 29.8 Å². The zero-order valence-corrected chi connectivity index (χ0v) is 13.7. The van der Waals surface area contributed by atoms with E-state index in [1.807, 2.05) is 41.9 Å². The molecule has 0 bridgehead atoms. The quantitative estimate of drug-likeness (QED) is 0.693. The van der Waals surface area contributed by atoms with Crippen LogP contribution in [0.2, 0.25) is 5.02 Å². The van der Waals surface area contributed by atoms with Gasteiger partial charge in [-0.15, -0.1) is 0 Å². The lowest BCUT2D eigenvalue weighted by Crippen LogP contribution is -2.38. The van der Waals surface area contributed by atoms with E-state index in [1.54, 1.807) is 19.2 Å². The fraction of sp³-hybridized carbons (Fsp3) is 0.312. The number of aliphatic imine (C=N–C) groups is 1. The Balaban J connectivity index is 1.99. The number of guanidine groups is 1. The van der Waals surface area contributed by atoms with Gasteiger partial charge in [-0.05, 0) is 12.1 Å². The van der Waals surface area contributed by atoms with Crippen LogP contribution in [0.3, 0.4) is 0 Å². The third kappa shape index (κ3) is 4.01. The molecule has 0 spiro atoms. The summed E-state index contributed by atoms with van der Waals surface area (Å²) in [6.45, 7) is 1.04. The number of nitrogens with zero attached hydrogens (tertiary/aromatic N) is 3. The van der Waals surface area contributed by atoms with Crippen LogP contribution in [0.25, 0.3) is 0 Å². The highest BCUT2D eigenvalue weighted by molar-refractivity contribution is 6.30. The van der Waals surface area contributed by atoms with Crippen LogP contribution in [0.1, 0.15) is 11.3 Å². The van der Waals surface area contributed by atoms with E-state index < -0.39 is 0 Å². The van der Waals surface area contributed by atoms with Crippen molar-refractivity contribution in [1.82, 2.24) is 14.8 Å². The summed E-state index contributed by atoms with van der Waals surface area (Å²) in [6.07, 6.45) is 1.86. The first kappa shape index (κ1) is 16.4. The maximum absolute atomic E-state index is 13.6. The van der Waals surface area contributed by atoms with Crippen LogP contribution in [0.15, 0.2) is 41.5 Å². The summed E-state index contributed by atoms with van der Waals surface area (Å²) in [4.78, 5) is 6.20. The van der Waals surface area contributed by atoms with Gasteiger partial charge in [0.05, 0.1) is 11.6 Å². The van der Waals surface area contributed by atoms with Crippen molar-refractivity contribution in [2.45, 2.75) is 13.1 Å². The Morgan fingerprint density at radius 3 is 2.73 bits per heavy atom. The first-order valence-corrected chi connectivity index (χ1v) is 7.35. The molecule has 0 saturated heterocycles. The van der Waals surface area contributed by atoms with Gasteiger partial charge in [0, 0.05) is 45.1 Å². The summed E-state index contributed by atoms with van der Waals surface area (Å²) in [5, 5.41) is 3.88. The van der Waals surface area contributed by atoms with Crippen LogP contribution in [0.4, 0.5) is 4.39 Å². The average Bonchev–Trinajstić information content (AvgIpc) is 2.79. The highest BCUT2D eigenvalue weighted by Crippen LogP contribution is 2.14. The molecule has 1 aromatic heterocycles. The molecule has 0 aliphatic rings. The van der Waals surface area contributed by atoms with Crippen molar-refractivity contribution in [1.29, 1.82) is 0 Å². The summed E-state index contributed by atoms with van der Waals surface area (Å²) in [5.41, 5.74) is 1.68. The van der Waals surface area contributed by atoms with Crippen molar-refractivity contribution in [3.8, 4) is 0 Å². The lowest BCUT2D eigenvalue weighted by atomic mass is 10.2. The Hall–Kier alpha value is -2.01. The van der Waals surface area contributed by atoms with E-state index in [1.165, 1.54) is 6.07 Å². The van der Waals surface area contributed by atoms with Crippen LogP contribution in [-0.2, 0) is 20.1 Å². The van der Waals surface area contributed by atoms with E-state index >= 15 is 0 Å². The number of hydrogen-bond acceptors (Lipinski definition) is 1. The van der Waals surface area contributed by atoms with Gasteiger partial charge in [0.25, 0.3) is 0 Å². The number of benzene rings is 1. The van der Waals surface area contributed by atoms with Crippen LogP contribution < -0.4 is 5.32 Å². The van der Waals surface area contributed by atoms with Crippen molar-refractivity contribution in [3.05, 3.63) is 58.6 Å². The highest BCUT2D eigenvalue weighted by Gasteiger charge is 2.10. The summed E-state index contributed by atoms with van der Waals surface area (Å²) < 4.78 is 15.6. The Morgan fingerprint density at radius 2 is 2.14 bits per heavy atom. The predicted molar refractivity (Wildman–Crippen MR) is 88.5 cm³/mol. The Morgan fingerprint density at radius 1 is 1.41 bits per heavy atom. The van der Waals surface area contributed by atoms with Gasteiger partial charge < -0.3 is 14.8 Å². The van der Waals surface area contributed by atoms with E-state index in [0.717, 1.165) is 5.69 Å². The first-order chi connectivity index (χ1) is 10.5. The second kappa shape index (κ2) is 7.31. The third-order valence-corrected chi connectivity index (χ3v) is 3.65. The second-order valence-electron chi connectivity index (χ2n) is 5.11. The van der Waals surface area contributed by atoms with Crippen LogP contribution in [0.5, 0.6) is 0 Å². The molecule has 6 heteroatoms. The summed E-state index contributed by atoms with van der Waals surface area (Å²) in [6, 6.07) is 8.63. The molecular weight excluding hydrogens is 303 g/mol. The molecule has 0 amide bonds. The Bertz CT molecular complexity index is 666. The minimum atomic E-state index is -0.220. The van der Waals surface area contributed by atoms with Gasteiger partial charge in [-0.25, -0.2) is 4.39 Å². The van der Waals surface area contributed by atoms with Gasteiger partial charge in [0.2, 0.25) is 0 Å². The van der Waals surface area contributed by atoms with E-state index in [9.17, 15) is 4.39 Å². The van der Waals surface area contributed by atoms with E-state index in [-0.39, 0.29) is 5.82 Å². The summed E-state index contributed by atoms with van der Waals surface area (Å²) >= 11 is 5.99. The highest BCUT2D eigenvalue weighted by atomic mass is 35.5. The fourth-order valence-corrected chi connectivity index (χ4v) is 2.51. The van der Waals surface area contributed by atoms with Crippen LogP contribution in [0, 0.1) is 5.82 Å². The Labute approximate surface area is 135 Å². The molecule has 2 rings (SSSR count). The minimum absolute atomic E-state index is 0.220. The number of aryl methyl sites for hydroxylation is 1. The number of hydrogen-bond donors (Lipinski definition) is 1. The molecule has 1 heterocycles. The molecular formula is C16H20ClFN4. The van der Waals surface area contributed by atoms with E-state index in [4.69, 9.17) is 11.6 Å². The molecule has 1 aromatic carbocycles. The van der Waals surface area contributed by atoms with Crippen molar-refractivity contribution in [2.24, 2.45) is 12.0 Å². The van der Waals surface area contributed by atoms with Crippen molar-refractivity contribution < 1.29 is 4.39 Å². The van der Waals surface area contributed by atoms with Gasteiger partial charge in [-0.3, -0.25) is 4.99 Å². The molecule has 22 heavy (non-hydrogen) atoms. The smallest absolute Gasteiger partial charge is 0.194 e. The Kier molecular flexibility index (Phi) is 5.44. The summed E-state index contributed by atoms with van der Waals surface area (Å²) in [7, 11) is 5.58. The van der Waals surface area contributed by atoms with E-state index in [0.29, 0.717) is 29.6 Å². The molecule has 1 N–H and O–H groups in total. The normalized spacial score (nSPS) is 11.6. The third-order valence-electron chi connectivity index (χ3n) is 3.44. The second-order valence-corrected chi connectivity index (χ2v) is 5.55. The maximum Gasteiger partial charge on any atom is 0.194 e. The number of nitrogens with one attached hydrogen (secondary N) is 1. The van der Waals surface area contributed by atoms with Crippen LogP contribution >= 0.6 is 11.6 Å². The monoisotopic (exact) mass is 322 g/mol. The standard InChI is InChI=1S/C16H20ClFN4/c1-19-16(20-9-12-6-4-5-7-15(12)18)22(3)11-14-8-13(17)10-21(14)2/h4-8,10H,9,11H2,1-3H3,(H,19,20). The molecule has 4 nitrogen and oxygen atoms in total. The SMILES string of the molecule is CN=C(NCc1ccccc1F)N(C)Cc1cc(Cl)cn1C. The van der Waals surface area contributed by atoms with Crippen LogP contribution in [-0.4, -0.2) is 29.5 Å². The average molecular weight is 323 g/mol. The molecule has 0 atom stereocenters. The number of halogens is 2. The van der Waals surface area contributed by atoms with E-state index in [2.05, 4.69) is 10.3 Å². The maximum atomic E-state index is 13.6. The van der Waals surface area contributed by atoms with Crippen molar-refractivity contribution >= 4 is 17.6 Å². The molecule has 0 saturated carbocycles. The largest absolute Gasteiger partial charge is 0.352 e. The molecule has 118 valence electrons. The van der Waals surface area contributed by atoms with Gasteiger partial charge in [0.15, 0.2) is 5.96 Å². The molecule has 0 radical (unpaired) electrons. The van der Waals surface area contributed by atoms with Gasteiger partial charge in [0.1, 0.15) is 5.82 Å². The van der Waals surface area contributed by atoms with Gasteiger partial charge >= 0.3 is 0 Å². The van der Waals surface area contributed by atoms with Crippen molar-refractivity contribution in [2.75, 3.05) is 14.1 Å². The molecule has 0 aliphatic heterocycles. The minimum Gasteiger partial charge on any atom is -0.352 e. The zero-order valence-electron chi connectivity index (χ0n) is 13.0. The zero-order chi connectivity index (χ0) is 16.1. The number of aromatic nitrogens is 1. The summed E-state index contributed by atoms with van der Waals surface area (Å²) in [5.74, 6) is 0.475. The predicted octanol–water partition coefficient (Wildman–Crippen LogP) is 3.03. The molecule has 0 unspecified atom stereocenters. The lowest BCUT2D eigenvalue weighted by molar-refractivity contribution is 0.460. The fourth-order valence-electron chi connectivity index (χ4n) is 2.24. The number of rotatable bonds is 4. The molecule has 0 fully saturated rings. The topological polar surface area (TPSA) is 32.6 Å². The van der Waals surface area contributed by atoms with Crippen molar-refractivity contribution in [3.63, 3.8) is 0 Å². The molecule has 2 aromatic rings. The van der Waals surface area contributed by atoms with Gasteiger partial charge in [-0.2, -0.15) is 0 Å². The molecule has 0 aliphatic carbocycles.